The number of fused-ring (bicyclic) bond motifs is 4. The lowest BCUT2D eigenvalue weighted by molar-refractivity contribution is 1.25. The highest BCUT2D eigenvalue weighted by atomic mass is 15.2. The van der Waals surface area contributed by atoms with Gasteiger partial charge >= 0.3 is 0 Å². The summed E-state index contributed by atoms with van der Waals surface area (Å²) in [6.45, 7) is -0.0553. The molecule has 0 fully saturated rings. The van der Waals surface area contributed by atoms with Gasteiger partial charge in [0, 0.05) is 45.3 Å². The summed E-state index contributed by atoms with van der Waals surface area (Å²) in [6, 6.07) is 124. The van der Waals surface area contributed by atoms with Gasteiger partial charge < -0.3 is 9.80 Å². The van der Waals surface area contributed by atoms with Crippen LogP contribution < -0.4 is 26.2 Å². The van der Waals surface area contributed by atoms with Crippen LogP contribution in [-0.4, -0.2) is 11.7 Å². The van der Waals surface area contributed by atoms with Crippen molar-refractivity contribution in [2.24, 2.45) is 0 Å². The number of aromatic nitrogens is 1. The lowest BCUT2D eigenvalue weighted by atomic mass is 9.33. The zero-order valence-corrected chi connectivity index (χ0v) is 47.8. The summed E-state index contributed by atoms with van der Waals surface area (Å²) >= 11 is 0. The Morgan fingerprint density at radius 1 is 0.195 bits per heavy atom. The Morgan fingerprint density at radius 2 is 0.448 bits per heavy atom. The van der Waals surface area contributed by atoms with Gasteiger partial charge in [-0.15, -0.1) is 0 Å². The number of nitrogens with zero attached hydrogens (tertiary/aromatic N) is 3. The van der Waals surface area contributed by atoms with E-state index in [0.717, 1.165) is 112 Å². The van der Waals surface area contributed by atoms with Crippen molar-refractivity contribution in [2.75, 3.05) is 9.80 Å². The van der Waals surface area contributed by atoms with E-state index in [1.54, 1.807) is 0 Å². The summed E-state index contributed by atoms with van der Waals surface area (Å²) in [4.78, 5) is 10.9. The highest BCUT2D eigenvalue weighted by molar-refractivity contribution is 7.00. The first-order valence-corrected chi connectivity index (χ1v) is 29.9. The second-order valence-electron chi connectivity index (χ2n) is 22.7. The van der Waals surface area contributed by atoms with Crippen LogP contribution in [0.2, 0.25) is 0 Å². The number of anilines is 6. The molecule has 0 N–H and O–H groups in total. The smallest absolute Gasteiger partial charge is 0.252 e. The topological polar surface area (TPSA) is 19.4 Å². The van der Waals surface area contributed by atoms with E-state index in [0.29, 0.717) is 0 Å². The molecule has 0 radical (unpaired) electrons. The van der Waals surface area contributed by atoms with Gasteiger partial charge in [-0.3, -0.25) is 0 Å². The van der Waals surface area contributed by atoms with Crippen molar-refractivity contribution in [1.29, 1.82) is 0 Å². The first-order valence-electron chi connectivity index (χ1n) is 29.9. The second-order valence-corrected chi connectivity index (χ2v) is 22.7. The molecule has 0 aliphatic carbocycles. The summed E-state index contributed by atoms with van der Waals surface area (Å²) in [5.41, 5.74) is 30.3. The molecule has 0 unspecified atom stereocenters. The maximum absolute atomic E-state index is 5.93. The molecule has 14 aromatic rings. The van der Waals surface area contributed by atoms with Crippen molar-refractivity contribution >= 4 is 57.2 Å². The number of para-hydroxylation sites is 2. The number of rotatable bonds is 11. The molecule has 2 aliphatic rings. The van der Waals surface area contributed by atoms with E-state index in [4.69, 9.17) is 4.98 Å². The average Bonchev–Trinajstić information content (AvgIpc) is 0.753. The van der Waals surface area contributed by atoms with Crippen LogP contribution in [0.3, 0.4) is 0 Å². The number of benzene rings is 13. The van der Waals surface area contributed by atoms with Crippen LogP contribution >= 0.6 is 0 Å². The highest BCUT2D eigenvalue weighted by Gasteiger charge is 2.43. The van der Waals surface area contributed by atoms with Gasteiger partial charge in [-0.1, -0.05) is 243 Å². The zero-order chi connectivity index (χ0) is 57.6. The molecule has 87 heavy (non-hydrogen) atoms. The van der Waals surface area contributed by atoms with Crippen molar-refractivity contribution in [1.82, 2.24) is 4.98 Å². The SMILES string of the molecule is c1ccc(-c2ccc(N3c4ccccc4B4c5ccccc5N(c5ccc(-c6ccccc6)cc5)c5cc(-c6cc(-c7cc(-c8ccccc8)cc(-c8ccccc8)c7)cc(-c7cc(-c8ccccc8)cc(-c8ccccc8)c7)n6)cc3c54)cc2)cc1. The minimum Gasteiger partial charge on any atom is -0.311 e. The van der Waals surface area contributed by atoms with Crippen molar-refractivity contribution in [3.05, 3.63) is 340 Å². The van der Waals surface area contributed by atoms with Gasteiger partial charge in [-0.25, -0.2) is 4.98 Å². The summed E-state index contributed by atoms with van der Waals surface area (Å²) in [6.07, 6.45) is 0. The molecule has 3 nitrogen and oxygen atoms in total. The third-order valence-corrected chi connectivity index (χ3v) is 17.4. The fraction of sp³-hybridized carbons (Fsp3) is 0. The Bertz CT molecular complexity index is 4410. The Labute approximate surface area is 509 Å². The van der Waals surface area contributed by atoms with Gasteiger partial charge in [0.2, 0.25) is 0 Å². The molecule has 0 bridgehead atoms. The second kappa shape index (κ2) is 22.0. The third-order valence-electron chi connectivity index (χ3n) is 17.4. The quantitative estimate of drug-likeness (QED) is 0.120. The molecule has 2 aliphatic heterocycles. The van der Waals surface area contributed by atoms with Crippen LogP contribution in [0.1, 0.15) is 0 Å². The molecule has 1 aromatic heterocycles. The van der Waals surface area contributed by atoms with Crippen LogP contribution in [0.15, 0.2) is 340 Å². The summed E-state index contributed by atoms with van der Waals surface area (Å²) in [5.74, 6) is 0. The molecule has 0 saturated heterocycles. The molecular weight excluding hydrogens is 1050 g/mol. The normalized spacial score (nSPS) is 12.1. The minimum atomic E-state index is -0.0553. The predicted octanol–water partition coefficient (Wildman–Crippen LogP) is 20.2. The summed E-state index contributed by atoms with van der Waals surface area (Å²) in [7, 11) is 0. The molecule has 0 atom stereocenters. The minimum absolute atomic E-state index is 0.0553. The molecule has 0 saturated carbocycles. The first kappa shape index (κ1) is 51.3. The molecular formula is C83H56BN3. The van der Waals surface area contributed by atoms with Crippen molar-refractivity contribution in [3.63, 3.8) is 0 Å². The molecule has 0 amide bonds. The Kier molecular flexibility index (Phi) is 13.0. The van der Waals surface area contributed by atoms with Crippen LogP contribution in [0.25, 0.3) is 100 Å². The van der Waals surface area contributed by atoms with Crippen LogP contribution in [0.5, 0.6) is 0 Å². The van der Waals surface area contributed by atoms with Crippen LogP contribution in [0, 0.1) is 0 Å². The van der Waals surface area contributed by atoms with E-state index in [1.807, 2.05) is 0 Å². The van der Waals surface area contributed by atoms with Gasteiger partial charge in [0.25, 0.3) is 6.71 Å². The van der Waals surface area contributed by atoms with Crippen LogP contribution in [0.4, 0.5) is 34.1 Å². The van der Waals surface area contributed by atoms with Gasteiger partial charge in [-0.2, -0.15) is 0 Å². The van der Waals surface area contributed by atoms with Crippen molar-refractivity contribution in [3.8, 4) is 100 Å². The zero-order valence-electron chi connectivity index (χ0n) is 47.8. The maximum atomic E-state index is 5.93. The highest BCUT2D eigenvalue weighted by Crippen LogP contribution is 2.48. The summed E-state index contributed by atoms with van der Waals surface area (Å²) in [5, 5.41) is 0. The fourth-order valence-corrected chi connectivity index (χ4v) is 13.2. The largest absolute Gasteiger partial charge is 0.311 e. The first-order chi connectivity index (χ1) is 43.1. The lowest BCUT2D eigenvalue weighted by Gasteiger charge is -2.44. The van der Waals surface area contributed by atoms with Crippen molar-refractivity contribution < 1.29 is 0 Å². The van der Waals surface area contributed by atoms with Gasteiger partial charge in [0.15, 0.2) is 0 Å². The number of pyridine rings is 1. The van der Waals surface area contributed by atoms with Gasteiger partial charge in [0.1, 0.15) is 0 Å². The number of hydrogen-bond acceptors (Lipinski definition) is 3. The van der Waals surface area contributed by atoms with Gasteiger partial charge in [0.05, 0.1) is 11.4 Å². The van der Waals surface area contributed by atoms with E-state index < -0.39 is 0 Å². The molecule has 3 heterocycles. The van der Waals surface area contributed by atoms with Crippen molar-refractivity contribution in [2.45, 2.75) is 0 Å². The number of hydrogen-bond donors (Lipinski definition) is 0. The molecule has 16 rings (SSSR count). The van der Waals surface area contributed by atoms with Crippen LogP contribution in [-0.2, 0) is 0 Å². The molecule has 406 valence electrons. The average molecular weight is 1110 g/mol. The van der Waals surface area contributed by atoms with Gasteiger partial charge in [-0.05, 0) is 191 Å². The van der Waals surface area contributed by atoms with E-state index in [1.165, 1.54) is 38.6 Å². The summed E-state index contributed by atoms with van der Waals surface area (Å²) < 4.78 is 0. The maximum Gasteiger partial charge on any atom is 0.252 e. The fourth-order valence-electron chi connectivity index (χ4n) is 13.2. The monoisotopic (exact) mass is 1110 g/mol. The standard InChI is InChI=1S/C83H56BN3/c1-7-23-57(24-8-1)63-39-43-73(44-40-63)86-79-37-21-19-35-75(79)84-76-36-20-22-38-80(76)87(74-45-41-64(42-46-74)58-25-9-2-10-26-58)82-56-72(55-81(86)83(82)84)78-54-70(69-49-65(59-27-11-3-12-28-59)47-66(50-69)60-29-13-4-14-30-60)53-77(85-78)71-51-67(61-31-15-5-16-32-61)48-68(52-71)62-33-17-6-18-34-62/h1-56H. The molecule has 0 spiro atoms. The van der Waals surface area contributed by atoms with E-state index in [9.17, 15) is 0 Å². The third kappa shape index (κ3) is 9.60. The van der Waals surface area contributed by atoms with E-state index in [2.05, 4.69) is 350 Å². The molecule has 4 heteroatoms. The molecule has 13 aromatic carbocycles. The Morgan fingerprint density at radius 3 is 0.793 bits per heavy atom. The van der Waals surface area contributed by atoms with E-state index >= 15 is 0 Å². The Hall–Kier alpha value is -11.3. The van der Waals surface area contributed by atoms with E-state index in [-0.39, 0.29) is 6.71 Å². The predicted molar refractivity (Wildman–Crippen MR) is 367 cm³/mol. The Balaban J connectivity index is 0.978. The lowest BCUT2D eigenvalue weighted by Crippen LogP contribution is -2.61.